The molecule has 25 heavy (non-hydrogen) atoms. The summed E-state index contributed by atoms with van der Waals surface area (Å²) in [7, 11) is 0. The average molecular weight is 354 g/mol. The summed E-state index contributed by atoms with van der Waals surface area (Å²) >= 11 is 1.95. The second-order valence-electron chi connectivity index (χ2n) is 6.40. The smallest absolute Gasteiger partial charge is 0.259 e. The van der Waals surface area contributed by atoms with Gasteiger partial charge in [-0.3, -0.25) is 4.79 Å². The number of thioether (sulfide) groups is 1. The summed E-state index contributed by atoms with van der Waals surface area (Å²) in [4.78, 5) is 26.5. The molecule has 5 nitrogen and oxygen atoms in total. The van der Waals surface area contributed by atoms with Gasteiger partial charge in [-0.2, -0.15) is 11.8 Å². The maximum Gasteiger partial charge on any atom is 0.259 e. The summed E-state index contributed by atoms with van der Waals surface area (Å²) in [5.74, 6) is 3.70. The molecule has 0 saturated carbocycles. The van der Waals surface area contributed by atoms with E-state index < -0.39 is 0 Å². The Hall–Kier alpha value is -2.08. The van der Waals surface area contributed by atoms with Crippen molar-refractivity contribution in [1.29, 1.82) is 0 Å². The quantitative estimate of drug-likeness (QED) is 0.848. The fourth-order valence-electron chi connectivity index (χ4n) is 3.36. The van der Waals surface area contributed by atoms with Gasteiger partial charge in [-0.15, -0.1) is 0 Å². The second kappa shape index (κ2) is 7.44. The van der Waals surface area contributed by atoms with Crippen molar-refractivity contribution in [2.75, 3.05) is 42.6 Å². The molecule has 0 bridgehead atoms. The van der Waals surface area contributed by atoms with Crippen LogP contribution in [0.3, 0.4) is 0 Å². The highest BCUT2D eigenvalue weighted by atomic mass is 32.2. The minimum Gasteiger partial charge on any atom is -0.354 e. The Morgan fingerprint density at radius 2 is 1.72 bits per heavy atom. The summed E-state index contributed by atoms with van der Waals surface area (Å²) < 4.78 is 0. The Balaban J connectivity index is 1.73. The number of anilines is 1. The molecule has 0 N–H and O–H groups in total. The van der Waals surface area contributed by atoms with E-state index in [1.54, 1.807) is 6.20 Å². The predicted octanol–water partition coefficient (Wildman–Crippen LogP) is 2.93. The van der Waals surface area contributed by atoms with E-state index in [0.29, 0.717) is 11.4 Å². The van der Waals surface area contributed by atoms with Crippen LogP contribution in [-0.2, 0) is 0 Å². The van der Waals surface area contributed by atoms with E-state index in [1.165, 1.54) is 0 Å². The molecule has 0 atom stereocenters. The van der Waals surface area contributed by atoms with Crippen LogP contribution in [0.15, 0.2) is 36.5 Å². The first kappa shape index (κ1) is 16.4. The normalized spacial score (nSPS) is 17.8. The van der Waals surface area contributed by atoms with Crippen molar-refractivity contribution < 1.29 is 4.79 Å². The lowest BCUT2D eigenvalue weighted by molar-refractivity contribution is 0.0792. The van der Waals surface area contributed by atoms with Crippen molar-refractivity contribution in [2.24, 2.45) is 0 Å². The zero-order valence-corrected chi connectivity index (χ0v) is 15.0. The van der Waals surface area contributed by atoms with Crippen LogP contribution >= 0.6 is 11.8 Å². The van der Waals surface area contributed by atoms with E-state index in [9.17, 15) is 4.79 Å². The highest BCUT2D eigenvalue weighted by Gasteiger charge is 2.26. The molecule has 2 fully saturated rings. The third-order valence-corrected chi connectivity index (χ3v) is 5.68. The number of rotatable bonds is 3. The molecule has 130 valence electrons. The topological polar surface area (TPSA) is 49.3 Å². The molecule has 2 aliphatic rings. The molecule has 3 heterocycles. The summed E-state index contributed by atoms with van der Waals surface area (Å²) in [6.45, 7) is 3.54. The van der Waals surface area contributed by atoms with Crippen molar-refractivity contribution in [1.82, 2.24) is 14.9 Å². The molecule has 0 radical (unpaired) electrons. The van der Waals surface area contributed by atoms with E-state index >= 15 is 0 Å². The highest BCUT2D eigenvalue weighted by Crippen LogP contribution is 2.26. The van der Waals surface area contributed by atoms with Gasteiger partial charge in [0, 0.05) is 49.4 Å². The van der Waals surface area contributed by atoms with Gasteiger partial charge in [0.05, 0.1) is 0 Å². The maximum absolute atomic E-state index is 13.0. The number of aromatic nitrogens is 2. The van der Waals surface area contributed by atoms with Gasteiger partial charge < -0.3 is 9.80 Å². The van der Waals surface area contributed by atoms with Gasteiger partial charge in [-0.1, -0.05) is 30.3 Å². The Bertz CT molecular complexity index is 740. The molecule has 4 rings (SSSR count). The number of benzene rings is 1. The average Bonchev–Trinajstić information content (AvgIpc) is 3.23. The van der Waals surface area contributed by atoms with Crippen molar-refractivity contribution in [3.63, 3.8) is 0 Å². The number of carbonyl (C=O) groups is 1. The minimum atomic E-state index is 0.0744. The van der Waals surface area contributed by atoms with Crippen LogP contribution in [0, 0.1) is 0 Å². The zero-order valence-electron chi connectivity index (χ0n) is 14.2. The highest BCUT2D eigenvalue weighted by molar-refractivity contribution is 7.99. The number of hydrogen-bond acceptors (Lipinski definition) is 5. The van der Waals surface area contributed by atoms with Gasteiger partial charge in [-0.25, -0.2) is 9.97 Å². The molecule has 2 aromatic rings. The number of amides is 1. The molecule has 6 heteroatoms. The van der Waals surface area contributed by atoms with Gasteiger partial charge in [0.15, 0.2) is 5.82 Å². The standard InChI is InChI=1S/C19H22N4OS/c24-19(23-8-4-5-9-23)16-14-20-17(15-6-2-1-3-7-15)21-18(16)22-10-12-25-13-11-22/h1-3,6-7,14H,4-5,8-13H2. The fraction of sp³-hybridized carbons (Fsp3) is 0.421. The van der Waals surface area contributed by atoms with Gasteiger partial charge in [0.1, 0.15) is 11.4 Å². The number of nitrogens with zero attached hydrogens (tertiary/aromatic N) is 4. The van der Waals surface area contributed by atoms with E-state index in [0.717, 1.165) is 61.9 Å². The van der Waals surface area contributed by atoms with Gasteiger partial charge in [-0.05, 0) is 12.8 Å². The molecule has 0 aliphatic carbocycles. The fourth-order valence-corrected chi connectivity index (χ4v) is 4.26. The van der Waals surface area contributed by atoms with Crippen molar-refractivity contribution >= 4 is 23.5 Å². The van der Waals surface area contributed by atoms with Crippen LogP contribution < -0.4 is 4.90 Å². The molecule has 1 aromatic carbocycles. The van der Waals surface area contributed by atoms with Gasteiger partial charge in [0.25, 0.3) is 5.91 Å². The van der Waals surface area contributed by atoms with E-state index in [-0.39, 0.29) is 5.91 Å². The first-order valence-corrected chi connectivity index (χ1v) is 10.0. The van der Waals surface area contributed by atoms with E-state index in [4.69, 9.17) is 4.98 Å². The SMILES string of the molecule is O=C(c1cnc(-c2ccccc2)nc1N1CCSCC1)N1CCCC1. The molecular formula is C19H22N4OS. The summed E-state index contributed by atoms with van der Waals surface area (Å²) in [5, 5.41) is 0. The first-order valence-electron chi connectivity index (χ1n) is 8.87. The molecule has 1 aromatic heterocycles. The van der Waals surface area contributed by atoms with Crippen LogP contribution in [0.1, 0.15) is 23.2 Å². The summed E-state index contributed by atoms with van der Waals surface area (Å²) in [6.07, 6.45) is 3.90. The lowest BCUT2D eigenvalue weighted by Crippen LogP contribution is -2.36. The molecule has 0 unspecified atom stereocenters. The lowest BCUT2D eigenvalue weighted by atomic mass is 10.2. The predicted molar refractivity (Wildman–Crippen MR) is 102 cm³/mol. The van der Waals surface area contributed by atoms with Crippen molar-refractivity contribution in [3.8, 4) is 11.4 Å². The van der Waals surface area contributed by atoms with E-state index in [2.05, 4.69) is 9.88 Å². The number of likely N-dealkylation sites (tertiary alicyclic amines) is 1. The molecular weight excluding hydrogens is 332 g/mol. The van der Waals surface area contributed by atoms with Crippen LogP contribution in [0.5, 0.6) is 0 Å². The number of carbonyl (C=O) groups excluding carboxylic acids is 1. The van der Waals surface area contributed by atoms with Crippen molar-refractivity contribution in [2.45, 2.75) is 12.8 Å². The lowest BCUT2D eigenvalue weighted by Gasteiger charge is -2.29. The Labute approximate surface area is 152 Å². The first-order chi connectivity index (χ1) is 12.3. The van der Waals surface area contributed by atoms with Crippen LogP contribution in [0.25, 0.3) is 11.4 Å². The molecule has 0 spiro atoms. The zero-order chi connectivity index (χ0) is 17.1. The maximum atomic E-state index is 13.0. The molecule has 2 aliphatic heterocycles. The Kier molecular flexibility index (Phi) is 4.88. The van der Waals surface area contributed by atoms with E-state index in [1.807, 2.05) is 47.0 Å². The van der Waals surface area contributed by atoms with Gasteiger partial charge in [0.2, 0.25) is 0 Å². The molecule has 1 amide bonds. The second-order valence-corrected chi connectivity index (χ2v) is 7.62. The summed E-state index contributed by atoms with van der Waals surface area (Å²) in [5.41, 5.74) is 1.63. The monoisotopic (exact) mass is 354 g/mol. The Morgan fingerprint density at radius 1 is 1.00 bits per heavy atom. The van der Waals surface area contributed by atoms with Gasteiger partial charge >= 0.3 is 0 Å². The van der Waals surface area contributed by atoms with Crippen LogP contribution in [-0.4, -0.2) is 58.5 Å². The van der Waals surface area contributed by atoms with Crippen LogP contribution in [0.2, 0.25) is 0 Å². The largest absolute Gasteiger partial charge is 0.354 e. The van der Waals surface area contributed by atoms with Crippen molar-refractivity contribution in [3.05, 3.63) is 42.1 Å². The number of hydrogen-bond donors (Lipinski definition) is 0. The summed E-state index contributed by atoms with van der Waals surface area (Å²) in [6, 6.07) is 9.97. The minimum absolute atomic E-state index is 0.0744. The third-order valence-electron chi connectivity index (χ3n) is 4.73. The Morgan fingerprint density at radius 3 is 2.44 bits per heavy atom. The van der Waals surface area contributed by atoms with Crippen LogP contribution in [0.4, 0.5) is 5.82 Å². The third kappa shape index (κ3) is 3.49. The molecule has 2 saturated heterocycles.